The first-order valence-electron chi connectivity index (χ1n) is 9.14. The summed E-state index contributed by atoms with van der Waals surface area (Å²) in [6.45, 7) is 7.84. The number of hydrogen-bond donors (Lipinski definition) is 2. The van der Waals surface area contributed by atoms with Gasteiger partial charge in [0, 0.05) is 30.3 Å². The molecule has 0 fully saturated rings. The number of carbonyl (C=O) groups is 1. The summed E-state index contributed by atoms with van der Waals surface area (Å²) < 4.78 is 0. The van der Waals surface area contributed by atoms with Crippen LogP contribution in [0.15, 0.2) is 54.6 Å². The Bertz CT molecular complexity index is 814. The van der Waals surface area contributed by atoms with Crippen molar-refractivity contribution < 1.29 is 14.6 Å². The molecule has 0 saturated carbocycles. The molecule has 2 aromatic carbocycles. The smallest absolute Gasteiger partial charge is 0.270 e. The van der Waals surface area contributed by atoms with Crippen LogP contribution in [0.4, 0.5) is 5.69 Å². The van der Waals surface area contributed by atoms with Crippen LogP contribution in [0, 0.1) is 10.1 Å². The van der Waals surface area contributed by atoms with Crippen molar-refractivity contribution in [2.24, 2.45) is 0 Å². The lowest BCUT2D eigenvalue weighted by Crippen LogP contribution is -3.10. The van der Waals surface area contributed by atoms with Crippen molar-refractivity contribution in [3.8, 4) is 0 Å². The Kier molecular flexibility index (Phi) is 7.70. The van der Waals surface area contributed by atoms with Crippen LogP contribution in [0.1, 0.15) is 30.5 Å². The minimum Gasteiger partial charge on any atom is -0.348 e. The van der Waals surface area contributed by atoms with Crippen molar-refractivity contribution in [2.75, 3.05) is 13.1 Å². The molecule has 6 nitrogen and oxygen atoms in total. The van der Waals surface area contributed by atoms with Gasteiger partial charge >= 0.3 is 0 Å². The van der Waals surface area contributed by atoms with Gasteiger partial charge in [-0.1, -0.05) is 36.4 Å². The fourth-order valence-electron chi connectivity index (χ4n) is 2.83. The van der Waals surface area contributed by atoms with Gasteiger partial charge in [-0.2, -0.15) is 0 Å². The molecule has 0 aliphatic carbocycles. The van der Waals surface area contributed by atoms with E-state index in [0.717, 1.165) is 25.2 Å². The predicted molar refractivity (Wildman–Crippen MR) is 106 cm³/mol. The summed E-state index contributed by atoms with van der Waals surface area (Å²) in [6.07, 6.45) is 2.98. The number of rotatable bonds is 9. The Labute approximate surface area is 159 Å². The average molecular weight is 368 g/mol. The number of hydrogen-bond acceptors (Lipinski definition) is 3. The van der Waals surface area contributed by atoms with Gasteiger partial charge in [0.15, 0.2) is 0 Å². The molecule has 1 amide bonds. The first kappa shape index (κ1) is 20.3. The quantitative estimate of drug-likeness (QED) is 0.405. The summed E-state index contributed by atoms with van der Waals surface area (Å²) in [4.78, 5) is 24.0. The van der Waals surface area contributed by atoms with Gasteiger partial charge in [-0.25, -0.2) is 0 Å². The number of carbonyl (C=O) groups excluding carboxylic acids is 1. The normalized spacial score (nSPS) is 11.1. The average Bonchev–Trinajstić information content (AvgIpc) is 2.69. The van der Waals surface area contributed by atoms with E-state index < -0.39 is 4.92 Å². The molecule has 142 valence electrons. The molecular formula is C21H26N3O3+. The zero-order chi connectivity index (χ0) is 19.6. The van der Waals surface area contributed by atoms with E-state index >= 15 is 0 Å². The SMILES string of the molecule is CC[NH+](CC)Cc1ccccc1CNC(=O)/C=C/c1cccc([N+](=O)[O-])c1. The molecule has 0 radical (unpaired) electrons. The van der Waals surface area contributed by atoms with Crippen molar-refractivity contribution >= 4 is 17.7 Å². The number of amides is 1. The number of quaternary nitrogens is 1. The second-order valence-electron chi connectivity index (χ2n) is 6.31. The van der Waals surface area contributed by atoms with Crippen molar-refractivity contribution in [2.45, 2.75) is 26.9 Å². The summed E-state index contributed by atoms with van der Waals surface area (Å²) in [7, 11) is 0. The van der Waals surface area contributed by atoms with Gasteiger partial charge in [0.25, 0.3) is 5.69 Å². The molecule has 0 unspecified atom stereocenters. The lowest BCUT2D eigenvalue weighted by Gasteiger charge is -2.17. The molecule has 2 rings (SSSR count). The van der Waals surface area contributed by atoms with Crippen LogP contribution in [0.25, 0.3) is 6.08 Å². The zero-order valence-electron chi connectivity index (χ0n) is 15.8. The Morgan fingerprint density at radius 3 is 2.48 bits per heavy atom. The van der Waals surface area contributed by atoms with E-state index in [1.54, 1.807) is 18.2 Å². The number of nitro groups is 1. The van der Waals surface area contributed by atoms with Gasteiger partial charge in [-0.15, -0.1) is 0 Å². The van der Waals surface area contributed by atoms with Gasteiger partial charge in [0.2, 0.25) is 5.91 Å². The van der Waals surface area contributed by atoms with Crippen LogP contribution in [-0.4, -0.2) is 23.9 Å². The van der Waals surface area contributed by atoms with E-state index in [9.17, 15) is 14.9 Å². The summed E-state index contributed by atoms with van der Waals surface area (Å²) in [5.41, 5.74) is 2.96. The molecule has 6 heteroatoms. The molecule has 0 atom stereocenters. The van der Waals surface area contributed by atoms with Crippen molar-refractivity contribution in [3.63, 3.8) is 0 Å². The summed E-state index contributed by atoms with van der Waals surface area (Å²) in [5, 5.41) is 13.7. The van der Waals surface area contributed by atoms with E-state index in [-0.39, 0.29) is 11.6 Å². The largest absolute Gasteiger partial charge is 0.348 e. The maximum absolute atomic E-state index is 12.1. The second kappa shape index (κ2) is 10.2. The van der Waals surface area contributed by atoms with Crippen molar-refractivity contribution in [1.82, 2.24) is 5.32 Å². The van der Waals surface area contributed by atoms with Crippen LogP contribution in [-0.2, 0) is 17.9 Å². The van der Waals surface area contributed by atoms with Crippen LogP contribution in [0.2, 0.25) is 0 Å². The highest BCUT2D eigenvalue weighted by Crippen LogP contribution is 2.14. The Morgan fingerprint density at radius 1 is 1.11 bits per heavy atom. The van der Waals surface area contributed by atoms with Gasteiger partial charge < -0.3 is 10.2 Å². The highest BCUT2D eigenvalue weighted by atomic mass is 16.6. The third-order valence-electron chi connectivity index (χ3n) is 4.52. The van der Waals surface area contributed by atoms with Gasteiger partial charge in [0.05, 0.1) is 18.0 Å². The fourth-order valence-corrected chi connectivity index (χ4v) is 2.83. The maximum atomic E-state index is 12.1. The topological polar surface area (TPSA) is 76.7 Å². The monoisotopic (exact) mass is 368 g/mol. The first-order chi connectivity index (χ1) is 13.0. The summed E-state index contributed by atoms with van der Waals surface area (Å²) in [5.74, 6) is -0.230. The van der Waals surface area contributed by atoms with Gasteiger partial charge in [0.1, 0.15) is 6.54 Å². The molecule has 0 aliphatic heterocycles. The molecule has 0 heterocycles. The highest BCUT2D eigenvalue weighted by molar-refractivity contribution is 5.91. The minimum atomic E-state index is -0.452. The van der Waals surface area contributed by atoms with E-state index in [1.807, 2.05) is 18.2 Å². The lowest BCUT2D eigenvalue weighted by molar-refractivity contribution is -0.910. The van der Waals surface area contributed by atoms with Crippen LogP contribution < -0.4 is 10.2 Å². The second-order valence-corrected chi connectivity index (χ2v) is 6.31. The molecule has 0 bridgehead atoms. The highest BCUT2D eigenvalue weighted by Gasteiger charge is 2.09. The van der Waals surface area contributed by atoms with Crippen LogP contribution >= 0.6 is 0 Å². The molecule has 2 aromatic rings. The van der Waals surface area contributed by atoms with E-state index in [4.69, 9.17) is 0 Å². The van der Waals surface area contributed by atoms with Gasteiger partial charge in [-0.3, -0.25) is 14.9 Å². The molecular weight excluding hydrogens is 342 g/mol. The third-order valence-corrected chi connectivity index (χ3v) is 4.52. The predicted octanol–water partition coefficient (Wildman–Crippen LogP) is 2.35. The number of nitro benzene ring substituents is 1. The van der Waals surface area contributed by atoms with E-state index in [2.05, 4.69) is 25.2 Å². The Balaban J connectivity index is 1.98. The number of nitrogens with zero attached hydrogens (tertiary/aromatic N) is 1. The molecule has 0 aliphatic rings. The summed E-state index contributed by atoms with van der Waals surface area (Å²) >= 11 is 0. The fraction of sp³-hybridized carbons (Fsp3) is 0.286. The lowest BCUT2D eigenvalue weighted by atomic mass is 10.1. The van der Waals surface area contributed by atoms with Crippen LogP contribution in [0.3, 0.4) is 0 Å². The maximum Gasteiger partial charge on any atom is 0.270 e. The molecule has 0 aromatic heterocycles. The molecule has 2 N–H and O–H groups in total. The zero-order valence-corrected chi connectivity index (χ0v) is 15.8. The van der Waals surface area contributed by atoms with Gasteiger partial charge in [-0.05, 0) is 31.1 Å². The molecule has 0 saturated heterocycles. The minimum absolute atomic E-state index is 0.00499. The Morgan fingerprint density at radius 2 is 1.81 bits per heavy atom. The number of nitrogens with one attached hydrogen (secondary N) is 2. The Hall–Kier alpha value is -2.99. The van der Waals surface area contributed by atoms with Crippen LogP contribution in [0.5, 0.6) is 0 Å². The van der Waals surface area contributed by atoms with Crippen molar-refractivity contribution in [1.29, 1.82) is 0 Å². The standard InChI is InChI=1S/C21H25N3O3/c1-3-23(4-2)16-19-10-6-5-9-18(19)15-22-21(25)13-12-17-8-7-11-20(14-17)24(26)27/h5-14H,3-4,15-16H2,1-2H3,(H,22,25)/p+1/b13-12+. The number of non-ortho nitro benzene ring substituents is 1. The third kappa shape index (κ3) is 6.34. The summed E-state index contributed by atoms with van der Waals surface area (Å²) in [6, 6.07) is 14.3. The molecule has 27 heavy (non-hydrogen) atoms. The molecule has 0 spiro atoms. The van der Waals surface area contributed by atoms with E-state index in [1.165, 1.54) is 28.7 Å². The van der Waals surface area contributed by atoms with E-state index in [0.29, 0.717) is 12.1 Å². The number of benzene rings is 2. The van der Waals surface area contributed by atoms with Crippen molar-refractivity contribution in [3.05, 3.63) is 81.4 Å². The first-order valence-corrected chi connectivity index (χ1v) is 9.14.